The Bertz CT molecular complexity index is 281. The molecule has 0 fully saturated rings. The van der Waals surface area contributed by atoms with E-state index < -0.39 is 0 Å². The maximum Gasteiger partial charge on any atom is 0.130 e. The molecular weight excluding hydrogens is 150 g/mol. The number of aromatic nitrogens is 1. The fourth-order valence-electron chi connectivity index (χ4n) is 1.07. The number of pyridine rings is 1. The first-order valence-corrected chi connectivity index (χ1v) is 4.09. The first-order chi connectivity index (χ1) is 5.70. The van der Waals surface area contributed by atoms with Crippen LogP contribution in [0.3, 0.4) is 0 Å². The van der Waals surface area contributed by atoms with Crippen LogP contribution in [0.1, 0.15) is 24.5 Å². The molecule has 1 heterocycles. The van der Waals surface area contributed by atoms with Crippen molar-refractivity contribution in [1.29, 1.82) is 0 Å². The molecule has 0 N–H and O–H groups in total. The minimum Gasteiger partial charge on any atom is -0.300 e. The molecule has 0 aliphatic carbocycles. The summed E-state index contributed by atoms with van der Waals surface area (Å²) in [7, 11) is 0. The number of Topliss-reactive ketones (excluding diaryl/α,β-unsaturated/α-hetero) is 1. The zero-order chi connectivity index (χ0) is 8.97. The maximum atomic E-state index is 10.7. The van der Waals surface area contributed by atoms with Crippen molar-refractivity contribution >= 4 is 5.78 Å². The van der Waals surface area contributed by atoms with Gasteiger partial charge in [0, 0.05) is 18.8 Å². The van der Waals surface area contributed by atoms with Crippen molar-refractivity contribution in [1.82, 2.24) is 4.98 Å². The average Bonchev–Trinajstić information content (AvgIpc) is 2.03. The molecule has 0 aliphatic heterocycles. The van der Waals surface area contributed by atoms with E-state index in [0.717, 1.165) is 6.42 Å². The number of ketones is 1. The Morgan fingerprint density at radius 1 is 1.58 bits per heavy atom. The fourth-order valence-corrected chi connectivity index (χ4v) is 1.07. The van der Waals surface area contributed by atoms with Gasteiger partial charge in [-0.2, -0.15) is 0 Å². The monoisotopic (exact) mass is 163 g/mol. The first-order valence-electron chi connectivity index (χ1n) is 4.09. The van der Waals surface area contributed by atoms with Crippen molar-refractivity contribution in [3.8, 4) is 0 Å². The maximum absolute atomic E-state index is 10.7. The normalized spacial score (nSPS) is 9.83. The highest BCUT2D eigenvalue weighted by molar-refractivity contribution is 5.75. The summed E-state index contributed by atoms with van der Waals surface area (Å²) in [6.07, 6.45) is 5.03. The largest absolute Gasteiger partial charge is 0.300 e. The molecule has 0 amide bonds. The van der Waals surface area contributed by atoms with Crippen molar-refractivity contribution in [2.45, 2.75) is 26.7 Å². The van der Waals surface area contributed by atoms with E-state index in [1.54, 1.807) is 13.1 Å². The van der Waals surface area contributed by atoms with Crippen molar-refractivity contribution in [3.63, 3.8) is 0 Å². The molecule has 0 atom stereocenters. The van der Waals surface area contributed by atoms with Gasteiger partial charge >= 0.3 is 0 Å². The Labute approximate surface area is 72.6 Å². The highest BCUT2D eigenvalue weighted by atomic mass is 16.1. The van der Waals surface area contributed by atoms with Crippen molar-refractivity contribution in [2.24, 2.45) is 0 Å². The topological polar surface area (TPSA) is 30.0 Å². The third kappa shape index (κ3) is 2.46. The van der Waals surface area contributed by atoms with Gasteiger partial charge in [0.25, 0.3) is 0 Å². The highest BCUT2D eigenvalue weighted by Gasteiger charge is 1.99. The molecule has 12 heavy (non-hydrogen) atoms. The van der Waals surface area contributed by atoms with E-state index in [-0.39, 0.29) is 5.78 Å². The van der Waals surface area contributed by atoms with Crippen LogP contribution in [0, 0.1) is 6.92 Å². The van der Waals surface area contributed by atoms with E-state index in [0.29, 0.717) is 6.42 Å². The molecule has 0 spiro atoms. The van der Waals surface area contributed by atoms with Gasteiger partial charge < -0.3 is 4.79 Å². The molecule has 2 heteroatoms. The van der Waals surface area contributed by atoms with E-state index in [4.69, 9.17) is 0 Å². The SMILES string of the molecule is CC(=O)CCc1cnccc1C. The number of carbonyl (C=O) groups is 1. The average molecular weight is 163 g/mol. The lowest BCUT2D eigenvalue weighted by Gasteiger charge is -2.01. The van der Waals surface area contributed by atoms with Crippen LogP contribution in [-0.2, 0) is 11.2 Å². The summed E-state index contributed by atoms with van der Waals surface area (Å²) in [5.74, 6) is 0.234. The molecular formula is C10H13NO. The zero-order valence-electron chi connectivity index (χ0n) is 7.50. The lowest BCUT2D eigenvalue weighted by molar-refractivity contribution is -0.116. The van der Waals surface area contributed by atoms with E-state index in [1.807, 2.05) is 19.2 Å². The smallest absolute Gasteiger partial charge is 0.130 e. The predicted octanol–water partition coefficient (Wildman–Crippen LogP) is 1.91. The summed E-state index contributed by atoms with van der Waals surface area (Å²) < 4.78 is 0. The van der Waals surface area contributed by atoms with Crippen LogP contribution in [0.25, 0.3) is 0 Å². The molecule has 1 aromatic heterocycles. The second-order valence-corrected chi connectivity index (χ2v) is 3.00. The molecule has 1 aromatic rings. The molecule has 0 saturated heterocycles. The Balaban J connectivity index is 2.63. The highest BCUT2D eigenvalue weighted by Crippen LogP contribution is 2.07. The number of carbonyl (C=O) groups excluding carboxylic acids is 1. The molecule has 0 saturated carbocycles. The molecule has 2 nitrogen and oxygen atoms in total. The van der Waals surface area contributed by atoms with E-state index in [1.165, 1.54) is 11.1 Å². The minimum absolute atomic E-state index is 0.234. The Morgan fingerprint density at radius 2 is 2.33 bits per heavy atom. The van der Waals surface area contributed by atoms with Gasteiger partial charge in [0.1, 0.15) is 5.78 Å². The second-order valence-electron chi connectivity index (χ2n) is 3.00. The fraction of sp³-hybridized carbons (Fsp3) is 0.400. The Hall–Kier alpha value is -1.18. The summed E-state index contributed by atoms with van der Waals surface area (Å²) in [6.45, 7) is 3.66. The van der Waals surface area contributed by atoms with Crippen molar-refractivity contribution in [3.05, 3.63) is 29.6 Å². The standard InChI is InChI=1S/C10H13NO/c1-8-5-6-11-7-10(8)4-3-9(2)12/h5-7H,3-4H2,1-2H3. The van der Waals surface area contributed by atoms with Crippen LogP contribution in [-0.4, -0.2) is 10.8 Å². The van der Waals surface area contributed by atoms with Gasteiger partial charge in [0.2, 0.25) is 0 Å². The van der Waals surface area contributed by atoms with Crippen LogP contribution in [0.4, 0.5) is 0 Å². The van der Waals surface area contributed by atoms with Crippen LogP contribution in [0.15, 0.2) is 18.5 Å². The third-order valence-electron chi connectivity index (χ3n) is 1.89. The van der Waals surface area contributed by atoms with Gasteiger partial charge in [-0.05, 0) is 37.5 Å². The van der Waals surface area contributed by atoms with E-state index in [9.17, 15) is 4.79 Å². The molecule has 0 unspecified atom stereocenters. The molecule has 0 radical (unpaired) electrons. The van der Waals surface area contributed by atoms with Gasteiger partial charge in [-0.1, -0.05) is 0 Å². The molecule has 1 rings (SSSR count). The van der Waals surface area contributed by atoms with Crippen LogP contribution in [0.5, 0.6) is 0 Å². The van der Waals surface area contributed by atoms with Gasteiger partial charge in [-0.15, -0.1) is 0 Å². The van der Waals surface area contributed by atoms with Crippen molar-refractivity contribution < 1.29 is 4.79 Å². The summed E-state index contributed by atoms with van der Waals surface area (Å²) in [5.41, 5.74) is 2.39. The van der Waals surface area contributed by atoms with Crippen LogP contribution >= 0.6 is 0 Å². The van der Waals surface area contributed by atoms with Crippen LogP contribution < -0.4 is 0 Å². The van der Waals surface area contributed by atoms with E-state index in [2.05, 4.69) is 4.98 Å². The molecule has 0 bridgehead atoms. The Morgan fingerprint density at radius 3 is 2.92 bits per heavy atom. The lowest BCUT2D eigenvalue weighted by Crippen LogP contribution is -1.96. The quantitative estimate of drug-likeness (QED) is 0.681. The van der Waals surface area contributed by atoms with Crippen LogP contribution in [0.2, 0.25) is 0 Å². The predicted molar refractivity (Wildman–Crippen MR) is 48.0 cm³/mol. The third-order valence-corrected chi connectivity index (χ3v) is 1.89. The summed E-state index contributed by atoms with van der Waals surface area (Å²) in [5, 5.41) is 0. The number of rotatable bonds is 3. The number of hydrogen-bond donors (Lipinski definition) is 0. The minimum atomic E-state index is 0.234. The summed E-state index contributed by atoms with van der Waals surface area (Å²) >= 11 is 0. The van der Waals surface area contributed by atoms with Gasteiger partial charge in [-0.25, -0.2) is 0 Å². The van der Waals surface area contributed by atoms with Gasteiger partial charge in [-0.3, -0.25) is 4.98 Å². The van der Waals surface area contributed by atoms with Gasteiger partial charge in [0.15, 0.2) is 0 Å². The zero-order valence-corrected chi connectivity index (χ0v) is 7.50. The molecule has 0 aromatic carbocycles. The second kappa shape index (κ2) is 4.00. The summed E-state index contributed by atoms with van der Waals surface area (Å²) in [4.78, 5) is 14.7. The number of hydrogen-bond acceptors (Lipinski definition) is 2. The summed E-state index contributed by atoms with van der Waals surface area (Å²) in [6, 6.07) is 1.97. The van der Waals surface area contributed by atoms with E-state index >= 15 is 0 Å². The molecule has 0 aliphatic rings. The first kappa shape index (κ1) is 8.91. The Kier molecular flexibility index (Phi) is 2.97. The number of aryl methyl sites for hydroxylation is 2. The number of nitrogens with zero attached hydrogens (tertiary/aromatic N) is 1. The van der Waals surface area contributed by atoms with Crippen molar-refractivity contribution in [2.75, 3.05) is 0 Å². The molecule has 64 valence electrons. The van der Waals surface area contributed by atoms with Gasteiger partial charge in [0.05, 0.1) is 0 Å². The lowest BCUT2D eigenvalue weighted by atomic mass is 10.1.